The average molecular weight is 248 g/mol. The topological polar surface area (TPSA) is 82.5 Å². The summed E-state index contributed by atoms with van der Waals surface area (Å²) < 4.78 is 37.7. The van der Waals surface area contributed by atoms with E-state index in [9.17, 15) is 18.0 Å². The van der Waals surface area contributed by atoms with Crippen LogP contribution in [0.25, 0.3) is 0 Å². The molecule has 0 aromatic carbocycles. The maximum Gasteiger partial charge on any atom is 0.490 e. The summed E-state index contributed by atoms with van der Waals surface area (Å²) in [5, 5.41) is 19.6. The van der Waals surface area contributed by atoms with Gasteiger partial charge in [0.05, 0.1) is 5.56 Å². The molecule has 3 N–H and O–H groups in total. The van der Waals surface area contributed by atoms with E-state index in [0.29, 0.717) is 12.3 Å². The van der Waals surface area contributed by atoms with E-state index in [1.54, 1.807) is 0 Å². The molecule has 0 aliphatic carbocycles. The summed E-state index contributed by atoms with van der Waals surface area (Å²) in [6, 6.07) is 0.538. The van der Waals surface area contributed by atoms with Crippen molar-refractivity contribution in [2.75, 3.05) is 5.32 Å². The fourth-order valence-electron chi connectivity index (χ4n) is 1.17. The lowest BCUT2D eigenvalue weighted by Crippen LogP contribution is -2.36. The monoisotopic (exact) mass is 248 g/mol. The Morgan fingerprint density at radius 2 is 2.06 bits per heavy atom. The lowest BCUT2D eigenvalue weighted by atomic mass is 9.78. The molecule has 1 heterocycles. The normalized spacial score (nSPS) is 11.2. The summed E-state index contributed by atoms with van der Waals surface area (Å²) in [5.41, 5.74) is -2.03. The van der Waals surface area contributed by atoms with Gasteiger partial charge in [-0.25, -0.2) is 4.98 Å². The molecule has 92 valence electrons. The van der Waals surface area contributed by atoms with Gasteiger partial charge in [-0.2, -0.15) is 13.2 Å². The molecule has 0 radical (unpaired) electrons. The Balaban J connectivity index is 3.24. The third kappa shape index (κ3) is 3.43. The Hall–Kier alpha value is -1.61. The van der Waals surface area contributed by atoms with E-state index >= 15 is 0 Å². The number of alkyl halides is 3. The number of carbonyl (C=O) groups is 1. The molecule has 0 spiro atoms. The van der Waals surface area contributed by atoms with Crippen LogP contribution in [0.5, 0.6) is 0 Å². The highest BCUT2D eigenvalue weighted by molar-refractivity contribution is 6.59. The van der Waals surface area contributed by atoms with Crippen molar-refractivity contribution in [3.63, 3.8) is 0 Å². The number of amides is 1. The number of hydrogen-bond donors (Lipinski definition) is 3. The van der Waals surface area contributed by atoms with Crippen molar-refractivity contribution in [1.82, 2.24) is 4.98 Å². The SMILES string of the molecule is CC(=O)Nc1cc(C(F)(F)F)c(B(O)O)cn1. The van der Waals surface area contributed by atoms with Crippen molar-refractivity contribution < 1.29 is 28.0 Å². The zero-order valence-electron chi connectivity index (χ0n) is 8.62. The minimum atomic E-state index is -4.77. The first kappa shape index (κ1) is 13.5. The number of hydrogen-bond acceptors (Lipinski definition) is 4. The first-order chi connectivity index (χ1) is 7.71. The molecule has 1 rings (SSSR count). The molecule has 0 atom stereocenters. The predicted molar refractivity (Wildman–Crippen MR) is 53.4 cm³/mol. The van der Waals surface area contributed by atoms with Gasteiger partial charge in [0, 0.05) is 18.6 Å². The molecule has 0 aliphatic heterocycles. The zero-order valence-corrected chi connectivity index (χ0v) is 8.62. The van der Waals surface area contributed by atoms with E-state index < -0.39 is 30.2 Å². The second kappa shape index (κ2) is 4.72. The molecular formula is C8H8BF3N2O3. The van der Waals surface area contributed by atoms with Crippen LogP contribution in [-0.2, 0) is 11.0 Å². The number of pyridine rings is 1. The molecule has 0 saturated carbocycles. The maximum atomic E-state index is 12.6. The summed E-state index contributed by atoms with van der Waals surface area (Å²) in [6.45, 7) is 1.11. The van der Waals surface area contributed by atoms with Crippen LogP contribution >= 0.6 is 0 Å². The van der Waals surface area contributed by atoms with Gasteiger partial charge in [0.15, 0.2) is 0 Å². The van der Waals surface area contributed by atoms with E-state index in [-0.39, 0.29) is 5.82 Å². The molecule has 5 nitrogen and oxygen atoms in total. The molecular weight excluding hydrogens is 240 g/mol. The van der Waals surface area contributed by atoms with Crippen molar-refractivity contribution in [3.05, 3.63) is 17.8 Å². The van der Waals surface area contributed by atoms with Crippen molar-refractivity contribution in [2.24, 2.45) is 0 Å². The number of aromatic nitrogens is 1. The lowest BCUT2D eigenvalue weighted by molar-refractivity contribution is -0.137. The number of nitrogens with zero attached hydrogens (tertiary/aromatic N) is 1. The van der Waals surface area contributed by atoms with Crippen LogP contribution in [-0.4, -0.2) is 28.1 Å². The third-order valence-electron chi connectivity index (χ3n) is 1.82. The Bertz CT molecular complexity index is 437. The first-order valence-corrected chi connectivity index (χ1v) is 4.42. The summed E-state index contributed by atoms with van der Waals surface area (Å²) in [4.78, 5) is 14.1. The van der Waals surface area contributed by atoms with E-state index in [2.05, 4.69) is 10.3 Å². The number of anilines is 1. The Morgan fingerprint density at radius 3 is 2.47 bits per heavy atom. The number of nitrogens with one attached hydrogen (secondary N) is 1. The van der Waals surface area contributed by atoms with Crippen molar-refractivity contribution >= 4 is 24.3 Å². The predicted octanol–water partition coefficient (Wildman–Crippen LogP) is -0.261. The van der Waals surface area contributed by atoms with Crippen molar-refractivity contribution in [3.8, 4) is 0 Å². The Labute approximate surface area is 94.4 Å². The quantitative estimate of drug-likeness (QED) is 0.629. The zero-order chi connectivity index (χ0) is 13.2. The molecule has 0 aliphatic rings. The number of halogens is 3. The largest absolute Gasteiger partial charge is 0.490 e. The Kier molecular flexibility index (Phi) is 3.74. The van der Waals surface area contributed by atoms with Gasteiger partial charge in [0.25, 0.3) is 0 Å². The highest BCUT2D eigenvalue weighted by atomic mass is 19.4. The van der Waals surface area contributed by atoms with E-state index in [0.717, 1.165) is 6.92 Å². The van der Waals surface area contributed by atoms with Gasteiger partial charge < -0.3 is 15.4 Å². The number of rotatable bonds is 2. The van der Waals surface area contributed by atoms with Gasteiger partial charge in [0.2, 0.25) is 5.91 Å². The standard InChI is InChI=1S/C8H8BF3N2O3/c1-4(15)14-7-2-5(8(10,11)12)6(3-13-7)9(16)17/h2-3,16-17H,1H3,(H,13,14,15). The molecule has 0 fully saturated rings. The Morgan fingerprint density at radius 1 is 1.47 bits per heavy atom. The minimum absolute atomic E-state index is 0.311. The fraction of sp³-hybridized carbons (Fsp3) is 0.250. The van der Waals surface area contributed by atoms with Gasteiger partial charge in [-0.05, 0) is 6.07 Å². The van der Waals surface area contributed by atoms with Crippen LogP contribution < -0.4 is 10.8 Å². The lowest BCUT2D eigenvalue weighted by Gasteiger charge is -2.13. The van der Waals surface area contributed by atoms with Crippen LogP contribution in [0.4, 0.5) is 19.0 Å². The molecule has 1 aromatic heterocycles. The molecule has 0 unspecified atom stereocenters. The third-order valence-corrected chi connectivity index (χ3v) is 1.82. The average Bonchev–Trinajstić information content (AvgIpc) is 2.14. The van der Waals surface area contributed by atoms with Crippen LogP contribution in [0.15, 0.2) is 12.3 Å². The highest BCUT2D eigenvalue weighted by Gasteiger charge is 2.36. The van der Waals surface area contributed by atoms with Crippen LogP contribution in [0.3, 0.4) is 0 Å². The van der Waals surface area contributed by atoms with Gasteiger partial charge in [-0.15, -0.1) is 0 Å². The van der Waals surface area contributed by atoms with Gasteiger partial charge >= 0.3 is 13.3 Å². The second-order valence-corrected chi connectivity index (χ2v) is 3.21. The van der Waals surface area contributed by atoms with Crippen LogP contribution in [0.1, 0.15) is 12.5 Å². The first-order valence-electron chi connectivity index (χ1n) is 4.42. The smallest absolute Gasteiger partial charge is 0.423 e. The summed E-state index contributed by atoms with van der Waals surface area (Å²) >= 11 is 0. The van der Waals surface area contributed by atoms with Crippen molar-refractivity contribution in [2.45, 2.75) is 13.1 Å². The van der Waals surface area contributed by atoms with E-state index in [1.807, 2.05) is 0 Å². The second-order valence-electron chi connectivity index (χ2n) is 3.21. The highest BCUT2D eigenvalue weighted by Crippen LogP contribution is 2.29. The maximum absolute atomic E-state index is 12.6. The molecule has 1 amide bonds. The van der Waals surface area contributed by atoms with Gasteiger partial charge in [0.1, 0.15) is 5.82 Å². The number of carbonyl (C=O) groups excluding carboxylic acids is 1. The molecule has 0 bridgehead atoms. The molecule has 1 aromatic rings. The van der Waals surface area contributed by atoms with E-state index in [1.165, 1.54) is 0 Å². The van der Waals surface area contributed by atoms with E-state index in [4.69, 9.17) is 10.0 Å². The summed E-state index contributed by atoms with van der Waals surface area (Å²) in [7, 11) is -2.29. The fourth-order valence-corrected chi connectivity index (χ4v) is 1.17. The van der Waals surface area contributed by atoms with Crippen LogP contribution in [0.2, 0.25) is 0 Å². The summed E-state index contributed by atoms with van der Waals surface area (Å²) in [6.07, 6.45) is -4.12. The molecule has 0 saturated heterocycles. The molecule has 9 heteroatoms. The molecule has 17 heavy (non-hydrogen) atoms. The van der Waals surface area contributed by atoms with Crippen molar-refractivity contribution in [1.29, 1.82) is 0 Å². The van der Waals surface area contributed by atoms with Gasteiger partial charge in [-0.3, -0.25) is 4.79 Å². The minimum Gasteiger partial charge on any atom is -0.423 e. The van der Waals surface area contributed by atoms with Crippen LogP contribution in [0, 0.1) is 0 Å². The van der Waals surface area contributed by atoms with Gasteiger partial charge in [-0.1, -0.05) is 0 Å². The summed E-state index contributed by atoms with van der Waals surface area (Å²) in [5.74, 6) is -0.892.